The highest BCUT2D eigenvalue weighted by Gasteiger charge is 2.22. The summed E-state index contributed by atoms with van der Waals surface area (Å²) in [6, 6.07) is 5.37. The number of anilines is 1. The Morgan fingerprint density at radius 2 is 1.94 bits per heavy atom. The smallest absolute Gasteiger partial charge is 0.222 e. The van der Waals surface area contributed by atoms with Crippen molar-refractivity contribution in [2.75, 3.05) is 33.1 Å². The molecule has 0 radical (unpaired) electrons. The van der Waals surface area contributed by atoms with Crippen molar-refractivity contribution in [3.63, 3.8) is 0 Å². The number of carbonyl (C=O) groups excluding carboxylic acids is 1. The number of hydrogen-bond donors (Lipinski definition) is 1. The van der Waals surface area contributed by atoms with Crippen molar-refractivity contribution in [1.29, 1.82) is 0 Å². The number of ether oxygens (including phenoxy) is 2. The van der Waals surface area contributed by atoms with Gasteiger partial charge in [-0.2, -0.15) is 0 Å². The second-order valence-corrected chi connectivity index (χ2v) is 6.52. The fourth-order valence-corrected chi connectivity index (χ4v) is 2.89. The molecule has 1 amide bonds. The molecule has 0 aliphatic rings. The fourth-order valence-electron chi connectivity index (χ4n) is 2.89. The average Bonchev–Trinajstić information content (AvgIpc) is 3.07. The molecule has 1 unspecified atom stereocenters. The molecule has 7 heteroatoms. The summed E-state index contributed by atoms with van der Waals surface area (Å²) in [6.07, 6.45) is 5.44. The lowest BCUT2D eigenvalue weighted by Gasteiger charge is -2.23. The molecule has 7 nitrogen and oxygen atoms in total. The molecule has 0 saturated carbocycles. The van der Waals surface area contributed by atoms with Gasteiger partial charge in [0.05, 0.1) is 32.5 Å². The minimum atomic E-state index is -0.199. The largest absolute Gasteiger partial charge is 0.493 e. The van der Waals surface area contributed by atoms with Crippen molar-refractivity contribution in [1.82, 2.24) is 14.5 Å². The molecule has 0 saturated heterocycles. The van der Waals surface area contributed by atoms with Crippen molar-refractivity contribution in [2.24, 2.45) is 7.05 Å². The third kappa shape index (κ3) is 6.40. The van der Waals surface area contributed by atoms with E-state index in [2.05, 4.69) is 41.2 Å². The molecule has 1 aromatic heterocycles. The second kappa shape index (κ2) is 12.1. The SMILES string of the molecule is C#CCN(C)C(C)c1c(NC(C)=O)nc(C#Cc2ccc(OC)c(OC)c2)n1C.C=C. The molecule has 0 spiro atoms. The van der Waals surface area contributed by atoms with Gasteiger partial charge in [-0.1, -0.05) is 11.8 Å². The molecule has 0 aliphatic heterocycles. The van der Waals surface area contributed by atoms with E-state index in [1.165, 1.54) is 6.92 Å². The molecule has 1 atom stereocenters. The Balaban J connectivity index is 0.00000233. The lowest BCUT2D eigenvalue weighted by atomic mass is 10.2. The molecule has 1 aromatic carbocycles. The van der Waals surface area contributed by atoms with Crippen LogP contribution in [0.25, 0.3) is 0 Å². The van der Waals surface area contributed by atoms with Crippen LogP contribution in [0.15, 0.2) is 31.4 Å². The third-order valence-corrected chi connectivity index (χ3v) is 4.53. The first-order valence-electron chi connectivity index (χ1n) is 9.54. The van der Waals surface area contributed by atoms with Crippen LogP contribution in [0.1, 0.15) is 37.0 Å². The minimum Gasteiger partial charge on any atom is -0.493 e. The standard InChI is InChI=1S/C22H26N4O3.C2H4/c1-8-13-25(4)15(2)21-22(23-16(3)27)24-20(26(21)5)12-10-17-9-11-18(28-6)19(14-17)29-7;1-2/h1,9,11,14-15H,13H2,2-7H3,(H,23,27);1-2H2. The Labute approximate surface area is 185 Å². The van der Waals surface area contributed by atoms with E-state index in [1.54, 1.807) is 26.4 Å². The number of aromatic nitrogens is 2. The van der Waals surface area contributed by atoms with E-state index in [1.807, 2.05) is 36.6 Å². The van der Waals surface area contributed by atoms with Crippen molar-refractivity contribution < 1.29 is 14.3 Å². The summed E-state index contributed by atoms with van der Waals surface area (Å²) in [5.74, 6) is 10.8. The van der Waals surface area contributed by atoms with Gasteiger partial charge in [-0.25, -0.2) is 4.98 Å². The summed E-state index contributed by atoms with van der Waals surface area (Å²) in [5.41, 5.74) is 1.58. The van der Waals surface area contributed by atoms with Gasteiger partial charge in [0.1, 0.15) is 0 Å². The van der Waals surface area contributed by atoms with Crippen LogP contribution in [-0.2, 0) is 11.8 Å². The van der Waals surface area contributed by atoms with Crippen LogP contribution in [0, 0.1) is 24.2 Å². The van der Waals surface area contributed by atoms with Crippen LogP contribution >= 0.6 is 0 Å². The van der Waals surface area contributed by atoms with Gasteiger partial charge in [-0.15, -0.1) is 19.6 Å². The van der Waals surface area contributed by atoms with Crippen molar-refractivity contribution in [3.05, 3.63) is 48.4 Å². The minimum absolute atomic E-state index is 0.0676. The van der Waals surface area contributed by atoms with E-state index < -0.39 is 0 Å². The van der Waals surface area contributed by atoms with E-state index >= 15 is 0 Å². The van der Waals surface area contributed by atoms with E-state index in [4.69, 9.17) is 15.9 Å². The Hall–Kier alpha value is -3.68. The summed E-state index contributed by atoms with van der Waals surface area (Å²) < 4.78 is 12.4. The van der Waals surface area contributed by atoms with Gasteiger partial charge in [-0.05, 0) is 38.1 Å². The maximum absolute atomic E-state index is 11.6. The zero-order chi connectivity index (χ0) is 23.6. The Morgan fingerprint density at radius 1 is 1.29 bits per heavy atom. The average molecular weight is 423 g/mol. The van der Waals surface area contributed by atoms with Gasteiger partial charge in [0.2, 0.25) is 5.91 Å². The van der Waals surface area contributed by atoms with Crippen LogP contribution in [0.2, 0.25) is 0 Å². The topological polar surface area (TPSA) is 68.6 Å². The molecular weight excluding hydrogens is 392 g/mol. The van der Waals surface area contributed by atoms with Crippen LogP contribution in [0.3, 0.4) is 0 Å². The monoisotopic (exact) mass is 422 g/mol. The number of carbonyl (C=O) groups is 1. The number of rotatable bonds is 6. The van der Waals surface area contributed by atoms with E-state index in [-0.39, 0.29) is 11.9 Å². The Kier molecular flexibility index (Phi) is 9.91. The lowest BCUT2D eigenvalue weighted by Crippen LogP contribution is -2.25. The molecule has 164 valence electrons. The summed E-state index contributed by atoms with van der Waals surface area (Å²) in [5, 5.41) is 2.79. The van der Waals surface area contributed by atoms with Crippen molar-refractivity contribution >= 4 is 11.7 Å². The van der Waals surface area contributed by atoms with Crippen LogP contribution in [0.5, 0.6) is 11.5 Å². The Bertz CT molecular complexity index is 1010. The van der Waals surface area contributed by atoms with Crippen LogP contribution in [0.4, 0.5) is 5.82 Å². The van der Waals surface area contributed by atoms with E-state index in [0.717, 1.165) is 11.3 Å². The molecule has 1 heterocycles. The normalized spacial score (nSPS) is 10.6. The molecule has 2 aromatic rings. The highest BCUT2D eigenvalue weighted by Crippen LogP contribution is 2.28. The maximum Gasteiger partial charge on any atom is 0.222 e. The first-order chi connectivity index (χ1) is 14.8. The van der Waals surface area contributed by atoms with Gasteiger partial charge in [0.25, 0.3) is 0 Å². The molecule has 2 rings (SSSR count). The van der Waals surface area contributed by atoms with Gasteiger partial charge in [-0.3, -0.25) is 9.69 Å². The van der Waals surface area contributed by atoms with Gasteiger partial charge in [0, 0.05) is 19.5 Å². The van der Waals surface area contributed by atoms with E-state index in [0.29, 0.717) is 29.7 Å². The van der Waals surface area contributed by atoms with Crippen LogP contribution in [-0.4, -0.2) is 48.2 Å². The first-order valence-corrected chi connectivity index (χ1v) is 9.54. The second-order valence-electron chi connectivity index (χ2n) is 6.52. The molecular formula is C24H30N4O3. The van der Waals surface area contributed by atoms with Gasteiger partial charge < -0.3 is 19.4 Å². The summed E-state index contributed by atoms with van der Waals surface area (Å²) in [6.45, 7) is 9.92. The summed E-state index contributed by atoms with van der Waals surface area (Å²) in [4.78, 5) is 18.2. The predicted octanol–water partition coefficient (Wildman–Crippen LogP) is 3.22. The van der Waals surface area contributed by atoms with E-state index in [9.17, 15) is 4.79 Å². The van der Waals surface area contributed by atoms with Crippen molar-refractivity contribution in [2.45, 2.75) is 19.9 Å². The van der Waals surface area contributed by atoms with Crippen molar-refractivity contribution in [3.8, 4) is 35.7 Å². The number of benzene rings is 1. The van der Waals surface area contributed by atoms with Gasteiger partial charge >= 0.3 is 0 Å². The molecule has 0 fully saturated rings. The number of nitrogens with zero attached hydrogens (tertiary/aromatic N) is 3. The summed E-state index contributed by atoms with van der Waals surface area (Å²) in [7, 11) is 6.95. The first kappa shape index (κ1) is 25.4. The molecule has 1 N–H and O–H groups in total. The predicted molar refractivity (Wildman–Crippen MR) is 124 cm³/mol. The zero-order valence-corrected chi connectivity index (χ0v) is 19.1. The lowest BCUT2D eigenvalue weighted by molar-refractivity contribution is -0.114. The number of hydrogen-bond acceptors (Lipinski definition) is 5. The van der Waals surface area contributed by atoms with Crippen LogP contribution < -0.4 is 14.8 Å². The number of amides is 1. The highest BCUT2D eigenvalue weighted by atomic mass is 16.5. The zero-order valence-electron chi connectivity index (χ0n) is 19.1. The molecule has 31 heavy (non-hydrogen) atoms. The Morgan fingerprint density at radius 3 is 2.48 bits per heavy atom. The third-order valence-electron chi connectivity index (χ3n) is 4.53. The maximum atomic E-state index is 11.6. The number of nitrogens with one attached hydrogen (secondary N) is 1. The van der Waals surface area contributed by atoms with Gasteiger partial charge in [0.15, 0.2) is 23.1 Å². The summed E-state index contributed by atoms with van der Waals surface area (Å²) >= 11 is 0. The molecule has 0 aliphatic carbocycles. The number of methoxy groups -OCH3 is 2. The molecule has 0 bridgehead atoms. The fraction of sp³-hybridized carbons (Fsp3) is 0.333. The highest BCUT2D eigenvalue weighted by molar-refractivity contribution is 5.88. The number of imidazole rings is 1. The quantitative estimate of drug-likeness (QED) is 0.572. The number of terminal acetylenes is 1.